The number of alkyl halides is 1. The summed E-state index contributed by atoms with van der Waals surface area (Å²) in [6.07, 6.45) is 3.62. The molecule has 1 aromatic carbocycles. The van der Waals surface area contributed by atoms with Gasteiger partial charge < -0.3 is 0 Å². The van der Waals surface area contributed by atoms with Gasteiger partial charge in [-0.15, -0.1) is 11.3 Å². The predicted octanol–water partition coefficient (Wildman–Crippen LogP) is 5.02. The Bertz CT molecular complexity index is 709. The number of pyridine rings is 1. The van der Waals surface area contributed by atoms with Gasteiger partial charge in [0.05, 0.1) is 10.2 Å². The van der Waals surface area contributed by atoms with Crippen LogP contribution in [0, 0.1) is 0 Å². The Morgan fingerprint density at radius 3 is 2.83 bits per heavy atom. The van der Waals surface area contributed by atoms with Gasteiger partial charge in [0.2, 0.25) is 0 Å². The molecule has 0 fully saturated rings. The molecule has 5 heteroatoms. The smallest absolute Gasteiger partial charge is 0.126 e. The van der Waals surface area contributed by atoms with Crippen molar-refractivity contribution in [3.05, 3.63) is 46.7 Å². The fourth-order valence-electron chi connectivity index (χ4n) is 1.70. The zero-order valence-electron chi connectivity index (χ0n) is 9.23. The highest BCUT2D eigenvalue weighted by molar-refractivity contribution is 9.10. The molecule has 0 unspecified atom stereocenters. The van der Waals surface area contributed by atoms with Gasteiger partial charge in [-0.05, 0) is 39.7 Å². The van der Waals surface area contributed by atoms with Gasteiger partial charge >= 0.3 is 0 Å². The second kappa shape index (κ2) is 5.07. The third kappa shape index (κ3) is 2.35. The topological polar surface area (TPSA) is 25.8 Å². The zero-order chi connectivity index (χ0) is 12.5. The molecule has 90 valence electrons. The molecule has 18 heavy (non-hydrogen) atoms. The highest BCUT2D eigenvalue weighted by Gasteiger charge is 2.07. The Balaban J connectivity index is 2.13. The molecule has 2 nitrogen and oxygen atoms in total. The average molecular weight is 384 g/mol. The number of nitrogens with zero attached hydrogens (tertiary/aromatic N) is 2. The lowest BCUT2D eigenvalue weighted by atomic mass is 10.2. The minimum atomic E-state index is 0.870. The molecule has 0 radical (unpaired) electrons. The number of thiazole rings is 1. The number of rotatable bonds is 2. The summed E-state index contributed by atoms with van der Waals surface area (Å²) in [6.45, 7) is 0. The summed E-state index contributed by atoms with van der Waals surface area (Å²) in [4.78, 5) is 8.82. The van der Waals surface area contributed by atoms with Crippen molar-refractivity contribution in [2.24, 2.45) is 0 Å². The average Bonchev–Trinajstić information content (AvgIpc) is 2.81. The van der Waals surface area contributed by atoms with Gasteiger partial charge in [-0.3, -0.25) is 4.98 Å². The highest BCUT2D eigenvalue weighted by Crippen LogP contribution is 2.31. The van der Waals surface area contributed by atoms with Crippen molar-refractivity contribution >= 4 is 53.4 Å². The Morgan fingerprint density at radius 2 is 2.06 bits per heavy atom. The molecule has 0 saturated heterocycles. The van der Waals surface area contributed by atoms with Crippen molar-refractivity contribution in [3.8, 4) is 10.6 Å². The first-order chi connectivity index (χ1) is 8.76. The minimum absolute atomic E-state index is 0.870. The van der Waals surface area contributed by atoms with Gasteiger partial charge in [0.1, 0.15) is 5.01 Å². The molecule has 0 atom stereocenters. The molecule has 0 N–H and O–H groups in total. The van der Waals surface area contributed by atoms with E-state index < -0.39 is 0 Å². The van der Waals surface area contributed by atoms with E-state index in [0.717, 1.165) is 25.9 Å². The minimum Gasteiger partial charge on any atom is -0.263 e. The molecule has 2 heterocycles. The quantitative estimate of drug-likeness (QED) is 0.581. The lowest BCUT2D eigenvalue weighted by Gasteiger charge is -1.94. The predicted molar refractivity (Wildman–Crippen MR) is 83.2 cm³/mol. The molecule has 0 aliphatic carbocycles. The van der Waals surface area contributed by atoms with E-state index >= 15 is 0 Å². The molecule has 0 aliphatic rings. The van der Waals surface area contributed by atoms with E-state index in [9.17, 15) is 0 Å². The Morgan fingerprint density at radius 1 is 1.17 bits per heavy atom. The molecule has 3 rings (SSSR count). The van der Waals surface area contributed by atoms with Gasteiger partial charge in [-0.2, -0.15) is 0 Å². The van der Waals surface area contributed by atoms with Crippen LogP contribution in [0.5, 0.6) is 0 Å². The van der Waals surface area contributed by atoms with Crippen LogP contribution in [0.3, 0.4) is 0 Å². The SMILES string of the molecule is BrCc1ccc2nc(-c3cncc(Br)c3)sc2c1. The lowest BCUT2D eigenvalue weighted by molar-refractivity contribution is 1.30. The highest BCUT2D eigenvalue weighted by atomic mass is 79.9. The van der Waals surface area contributed by atoms with E-state index in [1.54, 1.807) is 17.5 Å². The first-order valence-electron chi connectivity index (χ1n) is 5.32. The van der Waals surface area contributed by atoms with Crippen LogP contribution in [-0.2, 0) is 5.33 Å². The summed E-state index contributed by atoms with van der Waals surface area (Å²) >= 11 is 8.60. The van der Waals surface area contributed by atoms with Crippen LogP contribution in [-0.4, -0.2) is 9.97 Å². The maximum absolute atomic E-state index is 4.64. The van der Waals surface area contributed by atoms with E-state index in [0.29, 0.717) is 0 Å². The number of hydrogen-bond donors (Lipinski definition) is 0. The Kier molecular flexibility index (Phi) is 3.46. The monoisotopic (exact) mass is 382 g/mol. The number of halogens is 2. The van der Waals surface area contributed by atoms with Crippen LogP contribution < -0.4 is 0 Å². The fraction of sp³-hybridized carbons (Fsp3) is 0.0769. The van der Waals surface area contributed by atoms with Gasteiger partial charge in [0.25, 0.3) is 0 Å². The Labute approximate surface area is 125 Å². The van der Waals surface area contributed by atoms with Crippen molar-refractivity contribution in [3.63, 3.8) is 0 Å². The standard InChI is InChI=1S/C13H8Br2N2S/c14-5-8-1-2-11-12(3-8)18-13(17-11)9-4-10(15)7-16-6-9/h1-4,6-7H,5H2. The maximum atomic E-state index is 4.64. The van der Waals surface area contributed by atoms with E-state index in [-0.39, 0.29) is 0 Å². The van der Waals surface area contributed by atoms with Crippen molar-refractivity contribution in [2.45, 2.75) is 5.33 Å². The third-order valence-electron chi connectivity index (χ3n) is 2.56. The molecular formula is C13H8Br2N2S. The second-order valence-electron chi connectivity index (χ2n) is 3.85. The van der Waals surface area contributed by atoms with Crippen LogP contribution in [0.25, 0.3) is 20.8 Å². The van der Waals surface area contributed by atoms with Crippen molar-refractivity contribution in [2.75, 3.05) is 0 Å². The molecule has 0 spiro atoms. The summed E-state index contributed by atoms with van der Waals surface area (Å²) in [6, 6.07) is 8.38. The van der Waals surface area contributed by atoms with Gasteiger partial charge in [0.15, 0.2) is 0 Å². The van der Waals surface area contributed by atoms with E-state index in [4.69, 9.17) is 0 Å². The largest absolute Gasteiger partial charge is 0.263 e. The fourth-order valence-corrected chi connectivity index (χ4v) is 3.43. The third-order valence-corrected chi connectivity index (χ3v) is 4.71. The molecular weight excluding hydrogens is 376 g/mol. The number of benzene rings is 1. The van der Waals surface area contributed by atoms with Crippen LogP contribution in [0.1, 0.15) is 5.56 Å². The second-order valence-corrected chi connectivity index (χ2v) is 6.35. The summed E-state index contributed by atoms with van der Waals surface area (Å²) in [5.41, 5.74) is 3.36. The van der Waals surface area contributed by atoms with Crippen LogP contribution in [0.4, 0.5) is 0 Å². The van der Waals surface area contributed by atoms with Gasteiger partial charge in [-0.1, -0.05) is 22.0 Å². The zero-order valence-corrected chi connectivity index (χ0v) is 13.2. The number of fused-ring (bicyclic) bond motifs is 1. The Hall–Kier alpha value is -0.780. The van der Waals surface area contributed by atoms with Crippen molar-refractivity contribution < 1.29 is 0 Å². The first-order valence-corrected chi connectivity index (χ1v) is 8.06. The van der Waals surface area contributed by atoms with Crippen molar-refractivity contribution in [1.29, 1.82) is 0 Å². The first kappa shape index (κ1) is 12.3. The van der Waals surface area contributed by atoms with Gasteiger partial charge in [0, 0.05) is 27.8 Å². The van der Waals surface area contributed by atoms with Crippen LogP contribution in [0.15, 0.2) is 41.1 Å². The summed E-state index contributed by atoms with van der Waals surface area (Å²) in [5, 5.41) is 1.87. The van der Waals surface area contributed by atoms with Crippen LogP contribution >= 0.6 is 43.2 Å². The molecule has 0 amide bonds. The van der Waals surface area contributed by atoms with E-state index in [2.05, 4.69) is 60.0 Å². The van der Waals surface area contributed by atoms with Crippen molar-refractivity contribution in [1.82, 2.24) is 9.97 Å². The van der Waals surface area contributed by atoms with Crippen LogP contribution in [0.2, 0.25) is 0 Å². The summed E-state index contributed by atoms with van der Waals surface area (Å²) in [5.74, 6) is 0. The van der Waals surface area contributed by atoms with Gasteiger partial charge in [-0.25, -0.2) is 4.98 Å². The number of aromatic nitrogens is 2. The molecule has 0 aliphatic heterocycles. The maximum Gasteiger partial charge on any atom is 0.126 e. The molecule has 2 aromatic heterocycles. The number of hydrogen-bond acceptors (Lipinski definition) is 3. The van der Waals surface area contributed by atoms with E-state index in [1.165, 1.54) is 10.3 Å². The normalized spacial score (nSPS) is 11.0. The molecule has 0 bridgehead atoms. The molecule has 0 saturated carbocycles. The molecule has 3 aromatic rings. The lowest BCUT2D eigenvalue weighted by Crippen LogP contribution is -1.78. The summed E-state index contributed by atoms with van der Waals surface area (Å²) in [7, 11) is 0. The summed E-state index contributed by atoms with van der Waals surface area (Å²) < 4.78 is 2.18. The van der Waals surface area contributed by atoms with E-state index in [1.807, 2.05) is 12.3 Å².